The van der Waals surface area contributed by atoms with Crippen LogP contribution in [0.5, 0.6) is 5.75 Å². The molecule has 0 saturated carbocycles. The van der Waals surface area contributed by atoms with Crippen LogP contribution in [0.1, 0.15) is 0 Å². The van der Waals surface area contributed by atoms with Crippen LogP contribution in [-0.4, -0.2) is 52.6 Å². The number of nitrogens with one attached hydrogen (secondary N) is 2. The molecule has 2 aromatic rings. The van der Waals surface area contributed by atoms with Gasteiger partial charge in [0, 0.05) is 17.1 Å². The number of anilines is 3. The fourth-order valence-corrected chi connectivity index (χ4v) is 3.04. The van der Waals surface area contributed by atoms with Gasteiger partial charge in [0.05, 0.1) is 33.5 Å². The number of amides is 2. The summed E-state index contributed by atoms with van der Waals surface area (Å²) in [5.74, 6) is -0.678. The van der Waals surface area contributed by atoms with Crippen LogP contribution in [0.2, 0.25) is 0 Å². The minimum atomic E-state index is -0.685. The van der Waals surface area contributed by atoms with Crippen LogP contribution in [0.3, 0.4) is 0 Å². The maximum absolute atomic E-state index is 12.3. The lowest BCUT2D eigenvalue weighted by atomic mass is 10.1. The van der Waals surface area contributed by atoms with Gasteiger partial charge in [-0.15, -0.1) is 0 Å². The Balaban J connectivity index is 1.74. The van der Waals surface area contributed by atoms with Crippen LogP contribution >= 0.6 is 0 Å². The van der Waals surface area contributed by atoms with Gasteiger partial charge >= 0.3 is 18.0 Å². The van der Waals surface area contributed by atoms with Gasteiger partial charge in [0.25, 0.3) is 0 Å². The molecule has 2 N–H and O–H groups in total. The molecule has 2 aromatic carbocycles. The number of esters is 2. The Hall–Kier alpha value is -4.05. The quantitative estimate of drug-likeness (QED) is 0.658. The third-order valence-electron chi connectivity index (χ3n) is 4.62. The molecule has 0 aliphatic carbocycles. The number of benzene rings is 2. The standard InChI is InChI=1S/C22H23N3O7/c1-29-17-10-6-15(7-11-17)24-22(28)23-14-4-8-16(9-5-14)25-13-32-12-18(20(26)30-2)19(25)21(27)31-3/h4-11H,12-13H2,1-3H3,(H2,23,24,28). The van der Waals surface area contributed by atoms with E-state index in [2.05, 4.69) is 10.6 Å². The van der Waals surface area contributed by atoms with Crippen molar-refractivity contribution in [1.82, 2.24) is 0 Å². The Kier molecular flexibility index (Phi) is 7.29. The van der Waals surface area contributed by atoms with Crippen LogP contribution in [0.4, 0.5) is 21.9 Å². The normalized spacial score (nSPS) is 13.3. The van der Waals surface area contributed by atoms with Crippen molar-refractivity contribution >= 4 is 35.0 Å². The Labute approximate surface area is 184 Å². The fourth-order valence-electron chi connectivity index (χ4n) is 3.04. The molecule has 0 bridgehead atoms. The molecule has 0 saturated heterocycles. The number of urea groups is 1. The Morgan fingerprint density at radius 1 is 0.844 bits per heavy atom. The highest BCUT2D eigenvalue weighted by Gasteiger charge is 2.32. The minimum Gasteiger partial charge on any atom is -0.497 e. The van der Waals surface area contributed by atoms with Gasteiger partial charge < -0.3 is 34.5 Å². The number of ether oxygens (including phenoxy) is 4. The summed E-state index contributed by atoms with van der Waals surface area (Å²) in [5.41, 5.74) is 1.80. The average Bonchev–Trinajstić information content (AvgIpc) is 2.83. The van der Waals surface area contributed by atoms with E-state index in [4.69, 9.17) is 18.9 Å². The lowest BCUT2D eigenvalue weighted by Gasteiger charge is -2.31. The minimum absolute atomic E-state index is 0.0374. The maximum Gasteiger partial charge on any atom is 0.355 e. The van der Waals surface area contributed by atoms with E-state index in [9.17, 15) is 14.4 Å². The molecule has 3 rings (SSSR count). The van der Waals surface area contributed by atoms with Gasteiger partial charge in [0.2, 0.25) is 0 Å². The zero-order chi connectivity index (χ0) is 23.1. The van der Waals surface area contributed by atoms with Crippen molar-refractivity contribution in [1.29, 1.82) is 0 Å². The number of methoxy groups -OCH3 is 3. The highest BCUT2D eigenvalue weighted by molar-refractivity contribution is 6.03. The lowest BCUT2D eigenvalue weighted by molar-refractivity contribution is -0.140. The SMILES string of the molecule is COC(=O)C1=C(C(=O)OC)N(c2ccc(NC(=O)Nc3ccc(OC)cc3)cc2)COC1. The first-order valence-electron chi connectivity index (χ1n) is 9.54. The summed E-state index contributed by atoms with van der Waals surface area (Å²) in [6, 6.07) is 13.2. The third kappa shape index (κ3) is 5.16. The van der Waals surface area contributed by atoms with Crippen LogP contribution in [-0.2, 0) is 23.8 Å². The smallest absolute Gasteiger partial charge is 0.355 e. The Morgan fingerprint density at radius 2 is 1.41 bits per heavy atom. The summed E-state index contributed by atoms with van der Waals surface area (Å²) in [5, 5.41) is 5.44. The van der Waals surface area contributed by atoms with Gasteiger partial charge in [-0.25, -0.2) is 14.4 Å². The van der Waals surface area contributed by atoms with E-state index in [1.807, 2.05) is 0 Å². The number of hydrogen-bond acceptors (Lipinski definition) is 8. The van der Waals surface area contributed by atoms with E-state index in [0.29, 0.717) is 22.8 Å². The van der Waals surface area contributed by atoms with E-state index in [1.165, 1.54) is 19.1 Å². The third-order valence-corrected chi connectivity index (χ3v) is 4.62. The van der Waals surface area contributed by atoms with Crippen molar-refractivity contribution in [2.75, 3.05) is 50.2 Å². The highest BCUT2D eigenvalue weighted by Crippen LogP contribution is 2.28. The first-order valence-corrected chi connectivity index (χ1v) is 9.54. The molecule has 0 unspecified atom stereocenters. The van der Waals surface area contributed by atoms with Crippen molar-refractivity contribution in [2.45, 2.75) is 0 Å². The second kappa shape index (κ2) is 10.3. The molecule has 1 aliphatic heterocycles. The zero-order valence-corrected chi connectivity index (χ0v) is 17.8. The van der Waals surface area contributed by atoms with E-state index in [0.717, 1.165) is 0 Å². The molecular formula is C22H23N3O7. The van der Waals surface area contributed by atoms with E-state index < -0.39 is 18.0 Å². The van der Waals surface area contributed by atoms with Gasteiger partial charge in [-0.05, 0) is 48.5 Å². The Morgan fingerprint density at radius 3 is 1.94 bits per heavy atom. The van der Waals surface area contributed by atoms with E-state index in [1.54, 1.807) is 55.6 Å². The zero-order valence-electron chi connectivity index (χ0n) is 17.8. The molecule has 10 heteroatoms. The van der Waals surface area contributed by atoms with Gasteiger partial charge in [0.15, 0.2) is 0 Å². The molecule has 32 heavy (non-hydrogen) atoms. The first-order chi connectivity index (χ1) is 15.5. The fraction of sp³-hybridized carbons (Fsp3) is 0.227. The van der Waals surface area contributed by atoms with Gasteiger partial charge in [-0.1, -0.05) is 0 Å². The average molecular weight is 441 g/mol. The van der Waals surface area contributed by atoms with Crippen LogP contribution < -0.4 is 20.3 Å². The van der Waals surface area contributed by atoms with E-state index >= 15 is 0 Å². The molecule has 0 radical (unpaired) electrons. The van der Waals surface area contributed by atoms with Crippen LogP contribution in [0, 0.1) is 0 Å². The van der Waals surface area contributed by atoms with Crippen LogP contribution in [0.15, 0.2) is 59.8 Å². The monoisotopic (exact) mass is 441 g/mol. The number of carbonyl (C=O) groups excluding carboxylic acids is 3. The van der Waals surface area contributed by atoms with Crippen molar-refractivity contribution in [3.8, 4) is 5.75 Å². The van der Waals surface area contributed by atoms with Crippen molar-refractivity contribution in [2.24, 2.45) is 0 Å². The molecule has 0 aromatic heterocycles. The summed E-state index contributed by atoms with van der Waals surface area (Å²) in [6.07, 6.45) is 0. The molecule has 0 spiro atoms. The molecule has 1 heterocycles. The molecule has 10 nitrogen and oxygen atoms in total. The van der Waals surface area contributed by atoms with Crippen molar-refractivity contribution < 1.29 is 33.3 Å². The first kappa shape index (κ1) is 22.6. The number of rotatable bonds is 6. The predicted octanol–water partition coefficient (Wildman–Crippen LogP) is 2.73. The number of hydrogen-bond donors (Lipinski definition) is 2. The Bertz CT molecular complexity index is 1020. The van der Waals surface area contributed by atoms with Gasteiger partial charge in [0.1, 0.15) is 18.2 Å². The topological polar surface area (TPSA) is 115 Å². The molecule has 0 fully saturated rings. The maximum atomic E-state index is 12.3. The largest absolute Gasteiger partial charge is 0.497 e. The van der Waals surface area contributed by atoms with Gasteiger partial charge in [-0.3, -0.25) is 0 Å². The lowest BCUT2D eigenvalue weighted by Crippen LogP contribution is -2.38. The number of carbonyl (C=O) groups is 3. The highest BCUT2D eigenvalue weighted by atomic mass is 16.5. The van der Waals surface area contributed by atoms with Crippen molar-refractivity contribution in [3.63, 3.8) is 0 Å². The number of nitrogens with zero attached hydrogens (tertiary/aromatic N) is 1. The summed E-state index contributed by atoms with van der Waals surface area (Å²) in [7, 11) is 4.02. The van der Waals surface area contributed by atoms with E-state index in [-0.39, 0.29) is 24.6 Å². The molecule has 2 amide bonds. The summed E-state index contributed by atoms with van der Waals surface area (Å²) >= 11 is 0. The molecule has 0 atom stereocenters. The summed E-state index contributed by atoms with van der Waals surface area (Å²) in [4.78, 5) is 38.2. The summed E-state index contributed by atoms with van der Waals surface area (Å²) < 4.78 is 20.1. The predicted molar refractivity (Wildman–Crippen MR) is 116 cm³/mol. The second-order valence-electron chi connectivity index (χ2n) is 6.57. The summed E-state index contributed by atoms with van der Waals surface area (Å²) in [6.45, 7) is -0.0333. The molecule has 168 valence electrons. The van der Waals surface area contributed by atoms with Gasteiger partial charge in [-0.2, -0.15) is 0 Å². The molecule has 1 aliphatic rings. The van der Waals surface area contributed by atoms with Crippen molar-refractivity contribution in [3.05, 3.63) is 59.8 Å². The van der Waals surface area contributed by atoms with Crippen LogP contribution in [0.25, 0.3) is 0 Å². The molecular weight excluding hydrogens is 418 g/mol. The second-order valence-corrected chi connectivity index (χ2v) is 6.57.